The lowest BCUT2D eigenvalue weighted by Gasteiger charge is -2.18. The van der Waals surface area contributed by atoms with Crippen LogP contribution in [0.5, 0.6) is 0 Å². The van der Waals surface area contributed by atoms with E-state index in [2.05, 4.69) is 10.1 Å². The van der Waals surface area contributed by atoms with Crippen LogP contribution in [0, 0.1) is 11.8 Å². The molecule has 0 aromatic carbocycles. The molecule has 23 heavy (non-hydrogen) atoms. The van der Waals surface area contributed by atoms with Gasteiger partial charge in [0.1, 0.15) is 4.90 Å². The minimum absolute atomic E-state index is 0.116. The van der Waals surface area contributed by atoms with Gasteiger partial charge in [0.25, 0.3) is 5.71 Å². The number of nitrogens with two attached hydrogens (primary N) is 1. The quantitative estimate of drug-likeness (QED) is 0.902. The predicted molar refractivity (Wildman–Crippen MR) is 84.1 cm³/mol. The number of fused-ring (bicyclic) bond motifs is 2. The van der Waals surface area contributed by atoms with E-state index in [9.17, 15) is 8.42 Å². The molecule has 4 rings (SSSR count). The number of rotatable bonds is 3. The molecule has 0 amide bonds. The molecule has 1 aliphatic heterocycles. The molecule has 2 fully saturated rings. The molecule has 2 aromatic heterocycles. The minimum atomic E-state index is -3.55. The van der Waals surface area contributed by atoms with Gasteiger partial charge in [-0.15, -0.1) is 0 Å². The molecule has 0 spiro atoms. The fourth-order valence-electron chi connectivity index (χ4n) is 3.87. The average molecular weight is 336 g/mol. The van der Waals surface area contributed by atoms with Crippen LogP contribution in [0.2, 0.25) is 0 Å². The van der Waals surface area contributed by atoms with Gasteiger partial charge in [-0.1, -0.05) is 12.1 Å². The first-order valence-electron chi connectivity index (χ1n) is 8.00. The van der Waals surface area contributed by atoms with Crippen LogP contribution < -0.4 is 5.73 Å². The van der Waals surface area contributed by atoms with Crippen LogP contribution in [-0.4, -0.2) is 42.0 Å². The van der Waals surface area contributed by atoms with Crippen LogP contribution in [0.4, 0.5) is 0 Å². The molecule has 3 atom stereocenters. The molecule has 1 saturated carbocycles. The molecular formula is C15H20N4O3S. The maximum absolute atomic E-state index is 12.9. The van der Waals surface area contributed by atoms with E-state index >= 15 is 0 Å². The Labute approximate surface area is 134 Å². The molecule has 0 radical (unpaired) electrons. The van der Waals surface area contributed by atoms with Crippen molar-refractivity contribution < 1.29 is 12.9 Å². The Bertz CT molecular complexity index is 848. The maximum atomic E-state index is 12.9. The van der Waals surface area contributed by atoms with Crippen molar-refractivity contribution in [1.29, 1.82) is 0 Å². The van der Waals surface area contributed by atoms with Gasteiger partial charge in [0, 0.05) is 19.1 Å². The number of aryl methyl sites for hydroxylation is 1. The normalized spacial score (nSPS) is 28.5. The Morgan fingerprint density at radius 1 is 1.39 bits per heavy atom. The van der Waals surface area contributed by atoms with Gasteiger partial charge in [-0.05, 0) is 37.2 Å². The number of hydrogen-bond donors (Lipinski definition) is 1. The zero-order valence-corrected chi connectivity index (χ0v) is 13.8. The van der Waals surface area contributed by atoms with Crippen molar-refractivity contribution in [2.75, 3.05) is 13.1 Å². The third kappa shape index (κ3) is 2.28. The summed E-state index contributed by atoms with van der Waals surface area (Å²) >= 11 is 0. The first-order chi connectivity index (χ1) is 11.0. The minimum Gasteiger partial charge on any atom is -0.336 e. The molecule has 2 N–H and O–H groups in total. The van der Waals surface area contributed by atoms with Gasteiger partial charge in [0.15, 0.2) is 0 Å². The van der Waals surface area contributed by atoms with E-state index in [0.29, 0.717) is 36.5 Å². The molecule has 3 heterocycles. The Hall–Kier alpha value is -1.51. The fraction of sp³-hybridized carbons (Fsp3) is 0.600. The van der Waals surface area contributed by atoms with Crippen molar-refractivity contribution in [2.24, 2.45) is 17.6 Å². The first-order valence-corrected chi connectivity index (χ1v) is 9.44. The summed E-state index contributed by atoms with van der Waals surface area (Å²) in [5.74, 6) is 0.668. The van der Waals surface area contributed by atoms with E-state index < -0.39 is 10.0 Å². The first kappa shape index (κ1) is 15.0. The van der Waals surface area contributed by atoms with Gasteiger partial charge in [0.2, 0.25) is 10.0 Å². The van der Waals surface area contributed by atoms with E-state index in [-0.39, 0.29) is 16.9 Å². The number of hydrogen-bond acceptors (Lipinski definition) is 6. The predicted octanol–water partition coefficient (Wildman–Crippen LogP) is 1.14. The lowest BCUT2D eigenvalue weighted by molar-refractivity contribution is 0.426. The second-order valence-electron chi connectivity index (χ2n) is 6.49. The molecule has 124 valence electrons. The highest BCUT2D eigenvalue weighted by molar-refractivity contribution is 7.89. The third-order valence-corrected chi connectivity index (χ3v) is 7.03. The Morgan fingerprint density at radius 2 is 2.22 bits per heavy atom. The van der Waals surface area contributed by atoms with Crippen LogP contribution >= 0.6 is 0 Å². The van der Waals surface area contributed by atoms with Gasteiger partial charge >= 0.3 is 0 Å². The van der Waals surface area contributed by atoms with Gasteiger partial charge < -0.3 is 10.3 Å². The van der Waals surface area contributed by atoms with Gasteiger partial charge in [-0.2, -0.15) is 4.31 Å². The van der Waals surface area contributed by atoms with E-state index in [1.807, 2.05) is 6.92 Å². The van der Waals surface area contributed by atoms with Gasteiger partial charge in [-0.3, -0.25) is 0 Å². The second-order valence-corrected chi connectivity index (χ2v) is 8.43. The summed E-state index contributed by atoms with van der Waals surface area (Å²) in [7, 11) is -3.55. The molecule has 2 aliphatic rings. The van der Waals surface area contributed by atoms with Crippen LogP contribution in [-0.2, 0) is 16.4 Å². The van der Waals surface area contributed by atoms with Crippen molar-refractivity contribution in [3.63, 3.8) is 0 Å². The number of pyridine rings is 1. The molecule has 1 aliphatic carbocycles. The molecule has 3 unspecified atom stereocenters. The van der Waals surface area contributed by atoms with Crippen LogP contribution in [0.15, 0.2) is 21.7 Å². The van der Waals surface area contributed by atoms with Gasteiger partial charge in [0.05, 0.1) is 17.3 Å². The molecule has 7 nitrogen and oxygen atoms in total. The zero-order chi connectivity index (χ0) is 16.2. The fourth-order valence-corrected chi connectivity index (χ4v) is 5.38. The van der Waals surface area contributed by atoms with Crippen LogP contribution in [0.25, 0.3) is 11.1 Å². The highest BCUT2D eigenvalue weighted by Crippen LogP contribution is 2.39. The summed E-state index contributed by atoms with van der Waals surface area (Å²) < 4.78 is 32.5. The Morgan fingerprint density at radius 3 is 2.96 bits per heavy atom. The highest BCUT2D eigenvalue weighted by atomic mass is 32.2. The smallest absolute Gasteiger partial charge is 0.258 e. The Balaban J connectivity index is 1.69. The SMILES string of the molecule is CCc1noc2ncc(S(=O)(=O)N3CC4CCC(N)C4C3)cc12. The molecular weight excluding hydrogens is 316 g/mol. The summed E-state index contributed by atoms with van der Waals surface area (Å²) in [4.78, 5) is 4.32. The topological polar surface area (TPSA) is 102 Å². The maximum Gasteiger partial charge on any atom is 0.258 e. The molecule has 0 bridgehead atoms. The van der Waals surface area contributed by atoms with Crippen molar-refractivity contribution in [3.05, 3.63) is 18.0 Å². The molecule has 8 heteroatoms. The Kier molecular flexibility index (Phi) is 3.44. The van der Waals surface area contributed by atoms with Gasteiger partial charge in [-0.25, -0.2) is 13.4 Å². The van der Waals surface area contributed by atoms with E-state index in [0.717, 1.165) is 18.5 Å². The summed E-state index contributed by atoms with van der Waals surface area (Å²) in [6.45, 7) is 3.01. The molecule has 2 aromatic rings. The van der Waals surface area contributed by atoms with Crippen LogP contribution in [0.1, 0.15) is 25.5 Å². The van der Waals surface area contributed by atoms with E-state index in [4.69, 9.17) is 10.3 Å². The van der Waals surface area contributed by atoms with Crippen LogP contribution in [0.3, 0.4) is 0 Å². The number of sulfonamides is 1. The summed E-state index contributed by atoms with van der Waals surface area (Å²) in [5.41, 5.74) is 7.21. The average Bonchev–Trinajstić information content (AvgIpc) is 3.22. The monoisotopic (exact) mass is 336 g/mol. The van der Waals surface area contributed by atoms with Crippen molar-refractivity contribution >= 4 is 21.1 Å². The van der Waals surface area contributed by atoms with Crippen molar-refractivity contribution in [2.45, 2.75) is 37.1 Å². The zero-order valence-electron chi connectivity index (χ0n) is 13.0. The standard InChI is InChI=1S/C15H20N4O3S/c1-2-14-11-5-10(6-17-15(11)22-18-14)23(20,21)19-7-9-3-4-13(16)12(9)8-19/h5-6,9,12-13H,2-4,7-8,16H2,1H3. The van der Waals surface area contributed by atoms with Crippen molar-refractivity contribution in [1.82, 2.24) is 14.4 Å². The lowest BCUT2D eigenvalue weighted by atomic mass is 9.98. The summed E-state index contributed by atoms with van der Waals surface area (Å²) in [5, 5.41) is 4.60. The van der Waals surface area contributed by atoms with E-state index in [1.54, 1.807) is 10.4 Å². The highest BCUT2D eigenvalue weighted by Gasteiger charge is 2.45. The summed E-state index contributed by atoms with van der Waals surface area (Å²) in [6, 6.07) is 1.74. The van der Waals surface area contributed by atoms with Crippen molar-refractivity contribution in [3.8, 4) is 0 Å². The summed E-state index contributed by atoms with van der Waals surface area (Å²) in [6.07, 6.45) is 4.04. The lowest BCUT2D eigenvalue weighted by Crippen LogP contribution is -2.33. The number of aromatic nitrogens is 2. The number of nitrogens with zero attached hydrogens (tertiary/aromatic N) is 3. The second kappa shape index (κ2) is 5.25. The third-order valence-electron chi connectivity index (χ3n) is 5.23. The largest absolute Gasteiger partial charge is 0.336 e. The van der Waals surface area contributed by atoms with E-state index in [1.165, 1.54) is 6.20 Å². The molecule has 1 saturated heterocycles.